The highest BCUT2D eigenvalue weighted by Crippen LogP contribution is 2.40. The quantitative estimate of drug-likeness (QED) is 0.206. The van der Waals surface area contributed by atoms with Crippen LogP contribution in [0.25, 0.3) is 5.00 Å². The molecule has 1 fully saturated rings. The molecule has 240 valence electrons. The molecule has 0 bridgehead atoms. The van der Waals surface area contributed by atoms with Crippen LogP contribution < -0.4 is 4.74 Å². The molecule has 3 aliphatic heterocycles. The van der Waals surface area contributed by atoms with E-state index in [4.69, 9.17) is 21.3 Å². The van der Waals surface area contributed by atoms with E-state index in [-0.39, 0.29) is 24.0 Å². The fourth-order valence-corrected chi connectivity index (χ4v) is 7.63. The van der Waals surface area contributed by atoms with Crippen LogP contribution in [0, 0.1) is 20.8 Å². The van der Waals surface area contributed by atoms with E-state index >= 15 is 0 Å². The molecule has 2 amide bonds. The lowest BCUT2D eigenvalue weighted by molar-refractivity contribution is -0.137. The summed E-state index contributed by atoms with van der Waals surface area (Å²) in [4.78, 5) is 49.2. The summed E-state index contributed by atoms with van der Waals surface area (Å²) in [5, 5.41) is 10.5. The zero-order valence-electron chi connectivity index (χ0n) is 26.3. The number of hydrogen-bond acceptors (Lipinski definition) is 8. The van der Waals surface area contributed by atoms with Crippen LogP contribution >= 0.6 is 22.9 Å². The molecule has 3 aliphatic rings. The highest BCUT2D eigenvalue weighted by Gasteiger charge is 2.34. The van der Waals surface area contributed by atoms with Crippen molar-refractivity contribution in [1.82, 2.24) is 24.6 Å². The van der Waals surface area contributed by atoms with Crippen molar-refractivity contribution >= 4 is 46.2 Å². The zero-order valence-corrected chi connectivity index (χ0v) is 27.9. The van der Waals surface area contributed by atoms with Crippen molar-refractivity contribution in [2.24, 2.45) is 4.99 Å². The van der Waals surface area contributed by atoms with E-state index in [0.29, 0.717) is 49.2 Å². The molecule has 12 heteroatoms. The number of ketones is 1. The van der Waals surface area contributed by atoms with Crippen LogP contribution in [0.3, 0.4) is 0 Å². The topological polar surface area (TPSA) is 110 Å². The van der Waals surface area contributed by atoms with Crippen LogP contribution in [-0.2, 0) is 16.0 Å². The van der Waals surface area contributed by atoms with E-state index in [2.05, 4.69) is 24.0 Å². The number of carbonyl (C=O) groups excluding carboxylic acids is 3. The molecule has 0 saturated carbocycles. The van der Waals surface area contributed by atoms with Crippen LogP contribution in [0.4, 0.5) is 0 Å². The maximum Gasteiger partial charge on any atom is 0.246 e. The Morgan fingerprint density at radius 1 is 0.979 bits per heavy atom. The zero-order chi connectivity index (χ0) is 32.8. The SMILES string of the molecule is Cc1sc2c(c1C)C(c1ccc(Cl)cc1)=N[C@@H](CC(=O)N1CCN(C(=O)/C=C/C(=O)c3ccc4c(c3)CCO4)CC1)c1nnc(C)n1-2. The van der Waals surface area contributed by atoms with Crippen molar-refractivity contribution in [3.8, 4) is 10.8 Å². The van der Waals surface area contributed by atoms with Crippen LogP contribution in [-0.4, -0.2) is 80.7 Å². The lowest BCUT2D eigenvalue weighted by Gasteiger charge is -2.34. The van der Waals surface area contributed by atoms with Crippen molar-refractivity contribution < 1.29 is 19.1 Å². The predicted octanol–water partition coefficient (Wildman–Crippen LogP) is 5.23. The second-order valence-electron chi connectivity index (χ2n) is 11.9. The van der Waals surface area contributed by atoms with Crippen molar-refractivity contribution in [3.05, 3.63) is 104 Å². The van der Waals surface area contributed by atoms with Gasteiger partial charge in [0.15, 0.2) is 11.6 Å². The maximum absolute atomic E-state index is 13.8. The summed E-state index contributed by atoms with van der Waals surface area (Å²) in [6.45, 7) is 8.22. The minimum absolute atomic E-state index is 0.0713. The van der Waals surface area contributed by atoms with Crippen molar-refractivity contribution in [3.63, 3.8) is 0 Å². The fourth-order valence-electron chi connectivity index (χ4n) is 6.29. The minimum atomic E-state index is -0.562. The first-order valence-electron chi connectivity index (χ1n) is 15.6. The summed E-state index contributed by atoms with van der Waals surface area (Å²) in [6.07, 6.45) is 3.52. The molecular weight excluding hydrogens is 636 g/mol. The second-order valence-corrected chi connectivity index (χ2v) is 13.6. The predicted molar refractivity (Wildman–Crippen MR) is 180 cm³/mol. The van der Waals surface area contributed by atoms with Crippen LogP contribution in [0.15, 0.2) is 59.6 Å². The van der Waals surface area contributed by atoms with Gasteiger partial charge < -0.3 is 14.5 Å². The van der Waals surface area contributed by atoms with Gasteiger partial charge in [0.05, 0.1) is 18.7 Å². The molecule has 10 nitrogen and oxygen atoms in total. The number of nitrogens with zero attached hydrogens (tertiary/aromatic N) is 6. The van der Waals surface area contributed by atoms with E-state index in [0.717, 1.165) is 51.0 Å². The number of amides is 2. The molecule has 0 N–H and O–H groups in total. The number of ether oxygens (including phenoxy) is 1. The average Bonchev–Trinajstić information content (AvgIpc) is 3.76. The van der Waals surface area contributed by atoms with Gasteiger partial charge in [0, 0.05) is 65.3 Å². The van der Waals surface area contributed by atoms with Crippen molar-refractivity contribution in [2.45, 2.75) is 39.7 Å². The Bertz CT molecular complexity index is 1970. The number of hydrogen-bond donors (Lipinski definition) is 0. The first kappa shape index (κ1) is 31.0. The number of piperazine rings is 1. The fraction of sp³-hybridized carbons (Fsp3) is 0.314. The summed E-state index contributed by atoms with van der Waals surface area (Å²) in [5.41, 5.74) is 5.38. The van der Waals surface area contributed by atoms with Gasteiger partial charge in [-0.05, 0) is 68.3 Å². The Morgan fingerprint density at radius 3 is 2.49 bits per heavy atom. The number of allylic oxidation sites excluding steroid dienone is 1. The van der Waals surface area contributed by atoms with Crippen LogP contribution in [0.2, 0.25) is 5.02 Å². The molecule has 47 heavy (non-hydrogen) atoms. The third-order valence-corrected chi connectivity index (χ3v) is 10.5. The number of aromatic nitrogens is 3. The second kappa shape index (κ2) is 12.5. The molecule has 2 aromatic carbocycles. The van der Waals surface area contributed by atoms with Gasteiger partial charge in [0.1, 0.15) is 22.6 Å². The summed E-state index contributed by atoms with van der Waals surface area (Å²) in [6, 6.07) is 12.4. The largest absolute Gasteiger partial charge is 0.493 e. The highest BCUT2D eigenvalue weighted by atomic mass is 35.5. The molecule has 7 rings (SSSR count). The molecule has 5 heterocycles. The summed E-state index contributed by atoms with van der Waals surface area (Å²) >= 11 is 7.89. The monoisotopic (exact) mass is 668 g/mol. The van der Waals surface area contributed by atoms with E-state index in [9.17, 15) is 14.4 Å². The standard InChI is InChI=1S/C35H33ClN6O4S/c1-20-21(2)47-35-32(20)33(23-4-7-26(36)8-5-23)37-27(34-39-38-22(3)42(34)35)19-31(45)41-15-13-40(14-16-41)30(44)11-9-28(43)24-6-10-29-25(18-24)12-17-46-29/h4-11,18,27H,12-17,19H2,1-3H3/b11-9+/t27-/m0/s1. The number of aliphatic imine (C=N–C) groups is 1. The molecular formula is C35H33ClN6O4S. The summed E-state index contributed by atoms with van der Waals surface area (Å²) in [5.74, 6) is 1.61. The third kappa shape index (κ3) is 5.89. The van der Waals surface area contributed by atoms with E-state index in [1.165, 1.54) is 17.0 Å². The van der Waals surface area contributed by atoms with E-state index < -0.39 is 6.04 Å². The number of halogens is 1. The highest BCUT2D eigenvalue weighted by molar-refractivity contribution is 7.15. The Hall–Kier alpha value is -4.61. The normalized spacial score (nSPS) is 17.1. The van der Waals surface area contributed by atoms with Gasteiger partial charge in [0.2, 0.25) is 11.8 Å². The molecule has 1 atom stereocenters. The van der Waals surface area contributed by atoms with Gasteiger partial charge in [-0.2, -0.15) is 0 Å². The molecule has 0 aliphatic carbocycles. The van der Waals surface area contributed by atoms with Crippen molar-refractivity contribution in [2.75, 3.05) is 32.8 Å². The van der Waals surface area contributed by atoms with Gasteiger partial charge in [0.25, 0.3) is 0 Å². The van der Waals surface area contributed by atoms with E-state index in [1.807, 2.05) is 41.8 Å². The molecule has 2 aromatic heterocycles. The number of carbonyl (C=O) groups is 3. The molecule has 4 aromatic rings. The number of fused-ring (bicyclic) bond motifs is 4. The van der Waals surface area contributed by atoms with Gasteiger partial charge in [-0.3, -0.25) is 23.9 Å². The van der Waals surface area contributed by atoms with Crippen LogP contribution in [0.1, 0.15) is 61.6 Å². The third-order valence-electron chi connectivity index (χ3n) is 9.02. The van der Waals surface area contributed by atoms with Crippen molar-refractivity contribution in [1.29, 1.82) is 0 Å². The number of aryl methyl sites for hydroxylation is 2. The number of rotatable bonds is 6. The average molecular weight is 669 g/mol. The summed E-state index contributed by atoms with van der Waals surface area (Å²) < 4.78 is 7.54. The lowest BCUT2D eigenvalue weighted by atomic mass is 9.99. The lowest BCUT2D eigenvalue weighted by Crippen LogP contribution is -2.50. The van der Waals surface area contributed by atoms with Gasteiger partial charge in [-0.1, -0.05) is 23.7 Å². The smallest absolute Gasteiger partial charge is 0.246 e. The number of thiophene rings is 1. The van der Waals surface area contributed by atoms with Crippen LogP contribution in [0.5, 0.6) is 5.75 Å². The Morgan fingerprint density at radius 2 is 1.72 bits per heavy atom. The molecule has 0 radical (unpaired) electrons. The van der Waals surface area contributed by atoms with Gasteiger partial charge in [-0.15, -0.1) is 21.5 Å². The van der Waals surface area contributed by atoms with Gasteiger partial charge >= 0.3 is 0 Å². The Balaban J connectivity index is 1.06. The Labute approximate surface area is 281 Å². The molecule has 1 saturated heterocycles. The Kier molecular flexibility index (Phi) is 8.27. The van der Waals surface area contributed by atoms with E-state index in [1.54, 1.807) is 33.3 Å². The number of benzene rings is 2. The first-order chi connectivity index (χ1) is 22.7. The molecule has 0 spiro atoms. The first-order valence-corrected chi connectivity index (χ1v) is 16.8. The minimum Gasteiger partial charge on any atom is -0.493 e. The van der Waals surface area contributed by atoms with Gasteiger partial charge in [-0.25, -0.2) is 0 Å². The molecule has 0 unspecified atom stereocenters. The maximum atomic E-state index is 13.8. The summed E-state index contributed by atoms with van der Waals surface area (Å²) in [7, 11) is 0.